The van der Waals surface area contributed by atoms with Crippen molar-refractivity contribution in [1.82, 2.24) is 25.1 Å². The molecular weight excluding hydrogens is 256 g/mol. The molecule has 0 bridgehead atoms. The topological polar surface area (TPSA) is 85.7 Å². The van der Waals surface area contributed by atoms with Crippen LogP contribution in [-0.4, -0.2) is 31.8 Å². The summed E-state index contributed by atoms with van der Waals surface area (Å²) in [4.78, 5) is 11.8. The molecule has 1 N–H and O–H groups in total. The van der Waals surface area contributed by atoms with Crippen LogP contribution in [0.1, 0.15) is 12.6 Å². The van der Waals surface area contributed by atoms with Crippen molar-refractivity contribution >= 4 is 17.5 Å². The largest absolute Gasteiger partial charge is 0.464 e. The van der Waals surface area contributed by atoms with Crippen molar-refractivity contribution in [1.29, 1.82) is 0 Å². The first-order valence-corrected chi connectivity index (χ1v) is 5.70. The highest BCUT2D eigenvalue weighted by atomic mass is 35.5. The van der Waals surface area contributed by atoms with Crippen LogP contribution in [0.4, 0.5) is 5.95 Å². The summed E-state index contributed by atoms with van der Waals surface area (Å²) in [5.41, 5.74) is 0.770. The van der Waals surface area contributed by atoms with E-state index in [-0.39, 0.29) is 11.3 Å². The lowest BCUT2D eigenvalue weighted by atomic mass is 10.4. The molecule has 0 aromatic carbocycles. The second-order valence-corrected chi connectivity index (χ2v) is 3.55. The van der Waals surface area contributed by atoms with Gasteiger partial charge < -0.3 is 10.1 Å². The standard InChI is InChI=1S/C10H11ClN6O/c1-2-18-10-15-8(11)14-9(16-10)12-6-7-4-3-5-13-17-7/h3-5H,2,6H2,1H3,(H,12,14,15,16). The highest BCUT2D eigenvalue weighted by Gasteiger charge is 2.05. The zero-order chi connectivity index (χ0) is 12.8. The van der Waals surface area contributed by atoms with E-state index in [1.165, 1.54) is 0 Å². The number of halogens is 1. The summed E-state index contributed by atoms with van der Waals surface area (Å²) in [5, 5.41) is 10.7. The van der Waals surface area contributed by atoms with Crippen LogP contribution >= 0.6 is 11.6 Å². The molecule has 18 heavy (non-hydrogen) atoms. The predicted molar refractivity (Wildman–Crippen MR) is 65.4 cm³/mol. The zero-order valence-corrected chi connectivity index (χ0v) is 10.4. The molecule has 0 saturated heterocycles. The smallest absolute Gasteiger partial charge is 0.322 e. The maximum Gasteiger partial charge on any atom is 0.322 e. The number of nitrogens with one attached hydrogen (secondary N) is 1. The van der Waals surface area contributed by atoms with E-state index in [4.69, 9.17) is 16.3 Å². The molecule has 0 amide bonds. The Bertz CT molecular complexity index is 509. The van der Waals surface area contributed by atoms with Crippen molar-refractivity contribution in [3.05, 3.63) is 29.3 Å². The van der Waals surface area contributed by atoms with E-state index in [1.807, 2.05) is 13.0 Å². The van der Waals surface area contributed by atoms with Crippen LogP contribution in [0.15, 0.2) is 18.3 Å². The maximum atomic E-state index is 5.76. The lowest BCUT2D eigenvalue weighted by Crippen LogP contribution is -2.08. The highest BCUT2D eigenvalue weighted by molar-refractivity contribution is 6.28. The van der Waals surface area contributed by atoms with Crippen LogP contribution in [0, 0.1) is 0 Å². The monoisotopic (exact) mass is 266 g/mol. The van der Waals surface area contributed by atoms with Gasteiger partial charge in [0, 0.05) is 6.20 Å². The quantitative estimate of drug-likeness (QED) is 0.873. The highest BCUT2D eigenvalue weighted by Crippen LogP contribution is 2.11. The Labute approximate surface area is 109 Å². The molecule has 2 aromatic rings. The van der Waals surface area contributed by atoms with Gasteiger partial charge in [-0.2, -0.15) is 25.1 Å². The Morgan fingerprint density at radius 2 is 2.22 bits per heavy atom. The van der Waals surface area contributed by atoms with Crippen LogP contribution in [0.3, 0.4) is 0 Å². The molecule has 0 atom stereocenters. The van der Waals surface area contributed by atoms with Crippen LogP contribution in [0.25, 0.3) is 0 Å². The van der Waals surface area contributed by atoms with Crippen molar-refractivity contribution < 1.29 is 4.74 Å². The summed E-state index contributed by atoms with van der Waals surface area (Å²) in [6.45, 7) is 2.74. The zero-order valence-electron chi connectivity index (χ0n) is 9.67. The average Bonchev–Trinajstić information content (AvgIpc) is 2.37. The minimum Gasteiger partial charge on any atom is -0.464 e. The summed E-state index contributed by atoms with van der Waals surface area (Å²) in [6.07, 6.45) is 1.61. The van der Waals surface area contributed by atoms with E-state index < -0.39 is 0 Å². The number of ether oxygens (including phenoxy) is 1. The Balaban J connectivity index is 2.05. The predicted octanol–water partition coefficient (Wildman–Crippen LogP) is 1.33. The molecule has 0 aliphatic rings. The molecule has 0 saturated carbocycles. The Morgan fingerprint density at radius 3 is 2.94 bits per heavy atom. The van der Waals surface area contributed by atoms with Crippen molar-refractivity contribution in [2.24, 2.45) is 0 Å². The van der Waals surface area contributed by atoms with Gasteiger partial charge in [0.15, 0.2) is 0 Å². The molecule has 2 aromatic heterocycles. The molecule has 0 aliphatic carbocycles. The third-order valence-electron chi connectivity index (χ3n) is 1.92. The van der Waals surface area contributed by atoms with Crippen LogP contribution in [-0.2, 0) is 6.54 Å². The fourth-order valence-corrected chi connectivity index (χ4v) is 1.35. The van der Waals surface area contributed by atoms with Gasteiger partial charge in [-0.15, -0.1) is 0 Å². The number of nitrogens with zero attached hydrogens (tertiary/aromatic N) is 5. The lowest BCUT2D eigenvalue weighted by Gasteiger charge is -2.06. The Kier molecular flexibility index (Phi) is 4.19. The number of rotatable bonds is 5. The summed E-state index contributed by atoms with van der Waals surface area (Å²) >= 11 is 5.76. The van der Waals surface area contributed by atoms with E-state index in [2.05, 4.69) is 30.5 Å². The van der Waals surface area contributed by atoms with Crippen LogP contribution in [0.5, 0.6) is 6.01 Å². The second kappa shape index (κ2) is 6.06. The number of anilines is 1. The molecule has 2 rings (SSSR count). The van der Waals surface area contributed by atoms with Crippen LogP contribution in [0.2, 0.25) is 5.28 Å². The van der Waals surface area contributed by atoms with Crippen molar-refractivity contribution in [2.75, 3.05) is 11.9 Å². The van der Waals surface area contributed by atoms with Crippen molar-refractivity contribution in [3.63, 3.8) is 0 Å². The fraction of sp³-hybridized carbons (Fsp3) is 0.300. The number of aromatic nitrogens is 5. The summed E-state index contributed by atoms with van der Waals surface area (Å²) in [6, 6.07) is 3.83. The van der Waals surface area contributed by atoms with Crippen molar-refractivity contribution in [3.8, 4) is 6.01 Å². The van der Waals surface area contributed by atoms with E-state index in [0.717, 1.165) is 5.69 Å². The number of hydrogen-bond acceptors (Lipinski definition) is 7. The van der Waals surface area contributed by atoms with E-state index in [1.54, 1.807) is 12.3 Å². The lowest BCUT2D eigenvalue weighted by molar-refractivity contribution is 0.312. The third kappa shape index (κ3) is 3.49. The van der Waals surface area contributed by atoms with Gasteiger partial charge in [-0.3, -0.25) is 0 Å². The van der Waals surface area contributed by atoms with Crippen LogP contribution < -0.4 is 10.1 Å². The first kappa shape index (κ1) is 12.4. The Hall–Kier alpha value is -2.02. The summed E-state index contributed by atoms with van der Waals surface area (Å²) < 4.78 is 5.16. The van der Waals surface area contributed by atoms with Gasteiger partial charge in [-0.05, 0) is 30.7 Å². The van der Waals surface area contributed by atoms with E-state index >= 15 is 0 Å². The molecule has 0 unspecified atom stereocenters. The van der Waals surface area contributed by atoms with E-state index in [9.17, 15) is 0 Å². The molecule has 7 nitrogen and oxygen atoms in total. The number of hydrogen-bond donors (Lipinski definition) is 1. The first-order chi connectivity index (χ1) is 8.78. The van der Waals surface area contributed by atoms with Gasteiger partial charge in [0.2, 0.25) is 11.2 Å². The van der Waals surface area contributed by atoms with Gasteiger partial charge in [0.1, 0.15) is 0 Å². The summed E-state index contributed by atoms with van der Waals surface area (Å²) in [5.74, 6) is 0.337. The van der Waals surface area contributed by atoms with Gasteiger partial charge in [-0.1, -0.05) is 0 Å². The van der Waals surface area contributed by atoms with Crippen molar-refractivity contribution in [2.45, 2.75) is 13.5 Å². The van der Waals surface area contributed by atoms with Gasteiger partial charge in [-0.25, -0.2) is 0 Å². The molecule has 2 heterocycles. The molecule has 0 radical (unpaired) electrons. The minimum absolute atomic E-state index is 0.0788. The Morgan fingerprint density at radius 1 is 1.33 bits per heavy atom. The molecule has 0 spiro atoms. The average molecular weight is 267 g/mol. The molecule has 0 aliphatic heterocycles. The first-order valence-electron chi connectivity index (χ1n) is 5.32. The normalized spacial score (nSPS) is 10.1. The SMILES string of the molecule is CCOc1nc(Cl)nc(NCc2cccnn2)n1. The fourth-order valence-electron chi connectivity index (χ4n) is 1.20. The maximum absolute atomic E-state index is 5.76. The van der Waals surface area contributed by atoms with E-state index in [0.29, 0.717) is 19.1 Å². The van der Waals surface area contributed by atoms with Gasteiger partial charge >= 0.3 is 6.01 Å². The second-order valence-electron chi connectivity index (χ2n) is 3.21. The summed E-state index contributed by atoms with van der Waals surface area (Å²) in [7, 11) is 0. The molecule has 94 valence electrons. The van der Waals surface area contributed by atoms with Gasteiger partial charge in [0.05, 0.1) is 18.8 Å². The molecular formula is C10H11ClN6O. The molecule has 8 heteroatoms. The third-order valence-corrected chi connectivity index (χ3v) is 2.09. The minimum atomic E-state index is 0.0788. The van der Waals surface area contributed by atoms with Gasteiger partial charge in [0.25, 0.3) is 0 Å². The molecule has 0 fully saturated rings.